The van der Waals surface area contributed by atoms with E-state index in [1.807, 2.05) is 4.90 Å². The molecule has 0 bridgehead atoms. The standard InChI is InChI=1S/C26H34ClF3N6O3/c1-15-23(22(16(2)31)17(3)37)33-24(20-11-19(5-6-21(20)27)39-13-18(38)12-32-4)34-25(15)36-9-7-35(8-10-36)14-26(28,29)30/h5-6,11,18,32,38H,7-10,12-14,31H2,1-4H3/t18-/m1/s1. The van der Waals surface area contributed by atoms with Gasteiger partial charge in [0.1, 0.15) is 24.3 Å². The molecule has 4 N–H and O–H groups in total. The van der Waals surface area contributed by atoms with Crippen LogP contribution in [0.4, 0.5) is 19.0 Å². The number of rotatable bonds is 10. The van der Waals surface area contributed by atoms with E-state index in [9.17, 15) is 23.1 Å². The summed E-state index contributed by atoms with van der Waals surface area (Å²) in [7, 11) is 1.72. The zero-order valence-corrected chi connectivity index (χ0v) is 23.2. The number of Topliss-reactive ketones (excluding diaryl/α,β-unsaturated/α-hetero) is 1. The van der Waals surface area contributed by atoms with E-state index < -0.39 is 18.8 Å². The Kier molecular flexibility index (Phi) is 10.2. The molecule has 1 fully saturated rings. The number of ketones is 1. The predicted octanol–water partition coefficient (Wildman–Crippen LogP) is 3.03. The van der Waals surface area contributed by atoms with E-state index in [4.69, 9.17) is 27.1 Å². The first-order valence-corrected chi connectivity index (χ1v) is 12.8. The Morgan fingerprint density at radius 3 is 2.46 bits per heavy atom. The normalized spacial score (nSPS) is 16.2. The number of ether oxygens (including phenoxy) is 1. The second-order valence-corrected chi connectivity index (χ2v) is 9.91. The van der Waals surface area contributed by atoms with E-state index in [0.717, 1.165) is 0 Å². The molecule has 2 heterocycles. The number of likely N-dealkylation sites (N-methyl/N-ethyl adjacent to an activating group) is 1. The van der Waals surface area contributed by atoms with Crippen LogP contribution in [0.15, 0.2) is 23.9 Å². The third-order valence-corrected chi connectivity index (χ3v) is 6.57. The van der Waals surface area contributed by atoms with Crippen LogP contribution in [0.3, 0.4) is 0 Å². The summed E-state index contributed by atoms with van der Waals surface area (Å²) >= 11 is 6.53. The van der Waals surface area contributed by atoms with Crippen LogP contribution in [0.5, 0.6) is 5.75 Å². The Balaban J connectivity index is 2.05. The first kappa shape index (κ1) is 30.6. The van der Waals surface area contributed by atoms with Crippen molar-refractivity contribution >= 4 is 28.8 Å². The number of benzene rings is 1. The molecule has 0 unspecified atom stereocenters. The smallest absolute Gasteiger partial charge is 0.401 e. The van der Waals surface area contributed by atoms with Crippen LogP contribution in [0, 0.1) is 6.92 Å². The number of piperazine rings is 1. The molecule has 1 aliphatic heterocycles. The number of nitrogens with one attached hydrogen (secondary N) is 1. The molecule has 1 aromatic carbocycles. The Morgan fingerprint density at radius 2 is 1.90 bits per heavy atom. The number of aliphatic hydroxyl groups excluding tert-OH is 1. The number of alkyl halides is 3. The number of aromatic nitrogens is 2. The number of hydrogen-bond acceptors (Lipinski definition) is 9. The van der Waals surface area contributed by atoms with E-state index in [2.05, 4.69) is 10.3 Å². The summed E-state index contributed by atoms with van der Waals surface area (Å²) < 4.78 is 44.4. The highest BCUT2D eigenvalue weighted by Crippen LogP contribution is 2.35. The van der Waals surface area contributed by atoms with Crippen molar-refractivity contribution in [1.29, 1.82) is 0 Å². The van der Waals surface area contributed by atoms with Crippen molar-refractivity contribution < 1.29 is 27.8 Å². The first-order valence-electron chi connectivity index (χ1n) is 12.5. The molecule has 3 rings (SSSR count). The van der Waals surface area contributed by atoms with Gasteiger partial charge in [-0.1, -0.05) is 11.6 Å². The van der Waals surface area contributed by atoms with Crippen LogP contribution in [0.1, 0.15) is 25.1 Å². The minimum absolute atomic E-state index is 0.0406. The summed E-state index contributed by atoms with van der Waals surface area (Å²) in [5, 5.41) is 13.2. The van der Waals surface area contributed by atoms with Gasteiger partial charge in [0.25, 0.3) is 0 Å². The zero-order chi connectivity index (χ0) is 28.9. The van der Waals surface area contributed by atoms with E-state index in [0.29, 0.717) is 53.0 Å². The van der Waals surface area contributed by atoms with Crippen molar-refractivity contribution in [3.63, 3.8) is 0 Å². The Labute approximate surface area is 230 Å². The summed E-state index contributed by atoms with van der Waals surface area (Å²) in [6, 6.07) is 4.91. The molecular formula is C26H34ClF3N6O3. The fourth-order valence-corrected chi connectivity index (χ4v) is 4.63. The highest BCUT2D eigenvalue weighted by atomic mass is 35.5. The lowest BCUT2D eigenvalue weighted by Gasteiger charge is -2.36. The monoisotopic (exact) mass is 570 g/mol. The molecule has 13 heteroatoms. The number of carbonyl (C=O) groups is 1. The van der Waals surface area contributed by atoms with Crippen molar-refractivity contribution in [1.82, 2.24) is 20.2 Å². The van der Waals surface area contributed by atoms with Gasteiger partial charge >= 0.3 is 6.18 Å². The van der Waals surface area contributed by atoms with Gasteiger partial charge in [0.05, 0.1) is 22.8 Å². The molecule has 1 aromatic heterocycles. The number of nitrogens with two attached hydrogens (primary N) is 1. The fourth-order valence-electron chi connectivity index (χ4n) is 4.43. The molecule has 1 saturated heterocycles. The number of halogens is 4. The van der Waals surface area contributed by atoms with Gasteiger partial charge < -0.3 is 25.8 Å². The van der Waals surface area contributed by atoms with Crippen molar-refractivity contribution in [2.24, 2.45) is 5.73 Å². The summed E-state index contributed by atoms with van der Waals surface area (Å²) in [6.45, 7) is 5.15. The SMILES string of the molecule is CNC[C@@H](O)COc1ccc(Cl)c(-c2nc(C(C(C)=O)=C(C)N)c(C)c(N3CCN(CC(F)(F)F)CC3)n2)c1. The first-order chi connectivity index (χ1) is 18.3. The van der Waals surface area contributed by atoms with E-state index in [1.165, 1.54) is 11.8 Å². The van der Waals surface area contributed by atoms with E-state index in [1.54, 1.807) is 39.1 Å². The van der Waals surface area contributed by atoms with Crippen LogP contribution in [0.2, 0.25) is 5.02 Å². The molecule has 1 aliphatic rings. The van der Waals surface area contributed by atoms with Crippen LogP contribution in [-0.4, -0.2) is 91.0 Å². The maximum atomic E-state index is 12.9. The topological polar surface area (TPSA) is 117 Å². The lowest BCUT2D eigenvalue weighted by atomic mass is 10.0. The van der Waals surface area contributed by atoms with Gasteiger partial charge in [-0.05, 0) is 46.0 Å². The van der Waals surface area contributed by atoms with Gasteiger partial charge in [-0.25, -0.2) is 9.97 Å². The molecule has 0 radical (unpaired) electrons. The molecule has 39 heavy (non-hydrogen) atoms. The largest absolute Gasteiger partial charge is 0.491 e. The lowest BCUT2D eigenvalue weighted by Crippen LogP contribution is -2.49. The van der Waals surface area contributed by atoms with Crippen molar-refractivity contribution in [2.75, 3.05) is 57.8 Å². The Hall–Kier alpha value is -2.93. The molecule has 0 aliphatic carbocycles. The number of anilines is 1. The summed E-state index contributed by atoms with van der Waals surface area (Å²) in [5.41, 5.74) is 7.91. The Morgan fingerprint density at radius 1 is 1.23 bits per heavy atom. The van der Waals surface area contributed by atoms with Crippen LogP contribution in [0.25, 0.3) is 17.0 Å². The highest BCUT2D eigenvalue weighted by Gasteiger charge is 2.33. The van der Waals surface area contributed by atoms with Crippen LogP contribution < -0.4 is 20.7 Å². The quantitative estimate of drug-likeness (QED) is 0.371. The van der Waals surface area contributed by atoms with Crippen LogP contribution >= 0.6 is 11.6 Å². The number of carbonyl (C=O) groups excluding carboxylic acids is 1. The number of hydrogen-bond donors (Lipinski definition) is 3. The molecule has 0 amide bonds. The van der Waals surface area contributed by atoms with Gasteiger partial charge in [0, 0.05) is 49.5 Å². The molecule has 9 nitrogen and oxygen atoms in total. The van der Waals surface area contributed by atoms with Gasteiger partial charge in [-0.15, -0.1) is 0 Å². The second kappa shape index (κ2) is 12.9. The molecule has 0 spiro atoms. The Bertz CT molecular complexity index is 1210. The number of aliphatic hydroxyl groups is 1. The van der Waals surface area contributed by atoms with Gasteiger partial charge in [-0.3, -0.25) is 9.69 Å². The third kappa shape index (κ3) is 8.04. The van der Waals surface area contributed by atoms with Gasteiger partial charge in [0.15, 0.2) is 11.6 Å². The molecular weight excluding hydrogens is 537 g/mol. The molecule has 0 saturated carbocycles. The number of allylic oxidation sites excluding steroid dienone is 2. The fraction of sp³-hybridized carbons (Fsp3) is 0.500. The zero-order valence-electron chi connectivity index (χ0n) is 22.4. The summed E-state index contributed by atoms with van der Waals surface area (Å²) in [5.74, 6) is 0.823. The molecule has 2 aromatic rings. The average Bonchev–Trinajstić information content (AvgIpc) is 2.84. The average molecular weight is 571 g/mol. The molecule has 1 atom stereocenters. The summed E-state index contributed by atoms with van der Waals surface area (Å²) in [4.78, 5) is 25.2. The lowest BCUT2D eigenvalue weighted by molar-refractivity contribution is -0.146. The van der Waals surface area contributed by atoms with Crippen LogP contribution in [-0.2, 0) is 4.79 Å². The highest BCUT2D eigenvalue weighted by molar-refractivity contribution is 6.33. The molecule has 214 valence electrons. The number of nitrogens with zero attached hydrogens (tertiary/aromatic N) is 4. The second-order valence-electron chi connectivity index (χ2n) is 9.50. The van der Waals surface area contributed by atoms with Gasteiger partial charge in [0.2, 0.25) is 0 Å². The van der Waals surface area contributed by atoms with Crippen molar-refractivity contribution in [2.45, 2.75) is 33.1 Å². The third-order valence-electron chi connectivity index (χ3n) is 6.24. The van der Waals surface area contributed by atoms with E-state index in [-0.39, 0.29) is 42.6 Å². The minimum atomic E-state index is -4.28. The van der Waals surface area contributed by atoms with Crippen molar-refractivity contribution in [3.05, 3.63) is 40.2 Å². The van der Waals surface area contributed by atoms with Gasteiger partial charge in [-0.2, -0.15) is 13.2 Å². The van der Waals surface area contributed by atoms with E-state index >= 15 is 0 Å². The predicted molar refractivity (Wildman–Crippen MR) is 145 cm³/mol. The summed E-state index contributed by atoms with van der Waals surface area (Å²) in [6.07, 6.45) is -5.00. The minimum Gasteiger partial charge on any atom is -0.491 e. The van der Waals surface area contributed by atoms with Crippen molar-refractivity contribution in [3.8, 4) is 17.1 Å². The maximum absolute atomic E-state index is 12.9. The maximum Gasteiger partial charge on any atom is 0.401 e.